The number of hydrogen-bond acceptors (Lipinski definition) is 6. The van der Waals surface area contributed by atoms with Gasteiger partial charge in [0.2, 0.25) is 11.8 Å². The molecule has 0 aliphatic rings. The topological polar surface area (TPSA) is 120 Å². The zero-order valence-electron chi connectivity index (χ0n) is 21.0. The van der Waals surface area contributed by atoms with E-state index < -0.39 is 12.3 Å². The van der Waals surface area contributed by atoms with Gasteiger partial charge in [0.05, 0.1) is 18.6 Å². The third-order valence-corrected chi connectivity index (χ3v) is 5.32. The van der Waals surface area contributed by atoms with Crippen LogP contribution in [-0.2, 0) is 14.4 Å². The second-order valence-corrected chi connectivity index (χ2v) is 9.01. The van der Waals surface area contributed by atoms with Crippen LogP contribution in [0.4, 0.5) is 0 Å². The van der Waals surface area contributed by atoms with E-state index in [4.69, 9.17) is 0 Å². The zero-order valence-corrected chi connectivity index (χ0v) is 21.0. The van der Waals surface area contributed by atoms with E-state index in [1.54, 1.807) is 13.0 Å². The summed E-state index contributed by atoms with van der Waals surface area (Å²) in [7, 11) is 0. The number of hydrogen-bond donors (Lipinski definition) is 5. The van der Waals surface area contributed by atoms with E-state index in [2.05, 4.69) is 21.3 Å². The molecule has 0 aliphatic carbocycles. The van der Waals surface area contributed by atoms with Crippen molar-refractivity contribution in [2.75, 3.05) is 13.1 Å². The van der Waals surface area contributed by atoms with Crippen molar-refractivity contribution in [2.24, 2.45) is 11.8 Å². The molecule has 32 heavy (non-hydrogen) atoms. The summed E-state index contributed by atoms with van der Waals surface area (Å²) >= 11 is 0. The molecule has 186 valence electrons. The van der Waals surface area contributed by atoms with Gasteiger partial charge in [-0.05, 0) is 38.2 Å². The molecule has 2 unspecified atom stereocenters. The summed E-state index contributed by atoms with van der Waals surface area (Å²) in [5.74, 6) is -0.279. The number of rotatable bonds is 17. The average Bonchev–Trinajstić information content (AvgIpc) is 2.73. The Morgan fingerprint density at radius 3 is 2.16 bits per heavy atom. The fraction of sp³-hybridized carbons (Fsp3) is 0.792. The molecule has 0 aliphatic heterocycles. The Kier molecular flexibility index (Phi) is 15.9. The van der Waals surface area contributed by atoms with Crippen molar-refractivity contribution in [3.8, 4) is 0 Å². The molecule has 0 fully saturated rings. The summed E-state index contributed by atoms with van der Waals surface area (Å²) < 4.78 is 0. The summed E-state index contributed by atoms with van der Waals surface area (Å²) in [5, 5.41) is 22.3. The van der Waals surface area contributed by atoms with Gasteiger partial charge in [-0.3, -0.25) is 19.7 Å². The van der Waals surface area contributed by atoms with Gasteiger partial charge in [0.1, 0.15) is 6.23 Å². The van der Waals surface area contributed by atoms with Crippen LogP contribution in [0.15, 0.2) is 12.2 Å². The van der Waals surface area contributed by atoms with Gasteiger partial charge >= 0.3 is 0 Å². The molecule has 0 spiro atoms. The van der Waals surface area contributed by atoms with Crippen LogP contribution in [0, 0.1) is 11.8 Å². The standard InChI is InChI=1S/C24H46N4O4/c1-8-12-20(29)25-14-11-10-13-19(23(31)16(3)4)28-21(30)15-26-24(32)22(18(7)9-2)27-17(5)6/h8,12,16-19,21-22,27-28,30H,9-11,13-15H2,1-7H3,(H,25,29)(H,26,32)/b12-8+/t18?,19-,21?,22-/m0/s1. The molecule has 8 heteroatoms. The highest BCUT2D eigenvalue weighted by Crippen LogP contribution is 2.10. The third kappa shape index (κ3) is 12.9. The number of Topliss-reactive ketones (excluding diaryl/α,β-unsaturated/α-hetero) is 1. The number of aliphatic hydroxyl groups excluding tert-OH is 1. The van der Waals surface area contributed by atoms with Gasteiger partial charge < -0.3 is 21.1 Å². The lowest BCUT2D eigenvalue weighted by atomic mass is 9.97. The highest BCUT2D eigenvalue weighted by molar-refractivity contribution is 5.87. The molecule has 5 N–H and O–H groups in total. The molecule has 0 heterocycles. The maximum atomic E-state index is 12.6. The lowest BCUT2D eigenvalue weighted by molar-refractivity contribution is -0.126. The van der Waals surface area contributed by atoms with Crippen LogP contribution in [0.25, 0.3) is 0 Å². The maximum absolute atomic E-state index is 12.6. The molecule has 0 bridgehead atoms. The number of allylic oxidation sites excluding steroid dienone is 1. The van der Waals surface area contributed by atoms with Crippen molar-refractivity contribution in [2.45, 2.75) is 98.5 Å². The van der Waals surface area contributed by atoms with E-state index >= 15 is 0 Å². The second-order valence-electron chi connectivity index (χ2n) is 9.01. The Bertz CT molecular complexity index is 593. The smallest absolute Gasteiger partial charge is 0.243 e. The van der Waals surface area contributed by atoms with Gasteiger partial charge in [0.25, 0.3) is 0 Å². The molecule has 4 atom stereocenters. The minimum atomic E-state index is -1.03. The summed E-state index contributed by atoms with van der Waals surface area (Å²) in [6, 6.07) is -0.677. The number of unbranched alkanes of at least 4 members (excludes halogenated alkanes) is 1. The molecule has 0 saturated carbocycles. The predicted molar refractivity (Wildman–Crippen MR) is 129 cm³/mol. The molecular formula is C24H46N4O4. The van der Waals surface area contributed by atoms with Crippen molar-refractivity contribution >= 4 is 17.6 Å². The van der Waals surface area contributed by atoms with E-state index in [0.29, 0.717) is 13.0 Å². The number of nitrogens with one attached hydrogen (secondary N) is 4. The Labute approximate surface area is 194 Å². The quantitative estimate of drug-likeness (QED) is 0.130. The van der Waals surface area contributed by atoms with Crippen LogP contribution >= 0.6 is 0 Å². The Morgan fingerprint density at radius 1 is 0.969 bits per heavy atom. The fourth-order valence-electron chi connectivity index (χ4n) is 3.30. The Morgan fingerprint density at radius 2 is 1.62 bits per heavy atom. The lowest BCUT2D eigenvalue weighted by Crippen LogP contribution is -2.54. The normalized spacial score (nSPS) is 15.6. The first-order chi connectivity index (χ1) is 15.0. The summed E-state index contributed by atoms with van der Waals surface area (Å²) in [4.78, 5) is 36.7. The van der Waals surface area contributed by atoms with Crippen LogP contribution in [0.3, 0.4) is 0 Å². The van der Waals surface area contributed by atoms with Gasteiger partial charge in [-0.2, -0.15) is 0 Å². The van der Waals surface area contributed by atoms with Gasteiger partial charge in [0.15, 0.2) is 5.78 Å². The molecule has 0 radical (unpaired) electrons. The third-order valence-electron chi connectivity index (χ3n) is 5.32. The van der Waals surface area contributed by atoms with Gasteiger partial charge in [0, 0.05) is 18.5 Å². The second kappa shape index (κ2) is 16.8. The average molecular weight is 455 g/mol. The van der Waals surface area contributed by atoms with E-state index in [0.717, 1.165) is 19.3 Å². The summed E-state index contributed by atoms with van der Waals surface area (Å²) in [5.41, 5.74) is 0. The van der Waals surface area contributed by atoms with E-state index in [1.165, 1.54) is 6.08 Å². The number of carbonyl (C=O) groups excluding carboxylic acids is 3. The molecule has 2 amide bonds. The predicted octanol–water partition coefficient (Wildman–Crippen LogP) is 1.88. The number of carbonyl (C=O) groups is 3. The van der Waals surface area contributed by atoms with Crippen LogP contribution in [-0.4, -0.2) is 60.1 Å². The van der Waals surface area contributed by atoms with E-state index in [1.807, 2.05) is 41.5 Å². The van der Waals surface area contributed by atoms with Crippen LogP contribution in [0.1, 0.15) is 74.1 Å². The molecule has 0 aromatic rings. The van der Waals surface area contributed by atoms with Crippen molar-refractivity contribution in [3.63, 3.8) is 0 Å². The molecule has 0 aromatic heterocycles. The van der Waals surface area contributed by atoms with Crippen LogP contribution < -0.4 is 21.3 Å². The molecule has 0 saturated heterocycles. The van der Waals surface area contributed by atoms with Gasteiger partial charge in [-0.1, -0.05) is 54.0 Å². The first-order valence-electron chi connectivity index (χ1n) is 11.9. The van der Waals surface area contributed by atoms with Crippen molar-refractivity contribution < 1.29 is 19.5 Å². The van der Waals surface area contributed by atoms with Crippen LogP contribution in [0.2, 0.25) is 0 Å². The summed E-state index contributed by atoms with van der Waals surface area (Å²) in [6.45, 7) is 14.0. The molecule has 0 rings (SSSR count). The fourth-order valence-corrected chi connectivity index (χ4v) is 3.30. The van der Waals surface area contributed by atoms with Crippen molar-refractivity contribution in [1.29, 1.82) is 0 Å². The molecular weight excluding hydrogens is 408 g/mol. The Balaban J connectivity index is 4.70. The zero-order chi connectivity index (χ0) is 24.7. The monoisotopic (exact) mass is 454 g/mol. The molecule has 8 nitrogen and oxygen atoms in total. The first kappa shape index (κ1) is 30.2. The van der Waals surface area contributed by atoms with Gasteiger partial charge in [-0.25, -0.2) is 0 Å². The van der Waals surface area contributed by atoms with Crippen LogP contribution in [0.5, 0.6) is 0 Å². The lowest BCUT2D eigenvalue weighted by Gasteiger charge is -2.27. The minimum absolute atomic E-state index is 0.0206. The maximum Gasteiger partial charge on any atom is 0.243 e. The largest absolute Gasteiger partial charge is 0.377 e. The van der Waals surface area contributed by atoms with Crippen molar-refractivity contribution in [1.82, 2.24) is 21.3 Å². The summed E-state index contributed by atoms with van der Waals surface area (Å²) in [6.07, 6.45) is 4.99. The first-order valence-corrected chi connectivity index (χ1v) is 11.9. The highest BCUT2D eigenvalue weighted by Gasteiger charge is 2.26. The van der Waals surface area contributed by atoms with E-state index in [9.17, 15) is 19.5 Å². The minimum Gasteiger partial charge on any atom is -0.377 e. The molecule has 0 aromatic carbocycles. The van der Waals surface area contributed by atoms with Crippen molar-refractivity contribution in [3.05, 3.63) is 12.2 Å². The SMILES string of the molecule is C/C=C/C(=O)NCCCC[C@H](NC(O)CNC(=O)[C@@H](NC(C)C)C(C)CC)C(=O)C(C)C. The number of aliphatic hydroxyl groups is 1. The highest BCUT2D eigenvalue weighted by atomic mass is 16.3. The number of ketones is 1. The van der Waals surface area contributed by atoms with Gasteiger partial charge in [-0.15, -0.1) is 0 Å². The Hall–Kier alpha value is -1.77. The van der Waals surface area contributed by atoms with E-state index in [-0.39, 0.29) is 48.1 Å². The number of amides is 2.